The quantitative estimate of drug-likeness (QED) is 0.501. The monoisotopic (exact) mass is 391 g/mol. The fraction of sp³-hybridized carbons (Fsp3) is 0.250. The van der Waals surface area contributed by atoms with Crippen LogP contribution in [0.2, 0.25) is 0 Å². The lowest BCUT2D eigenvalue weighted by atomic mass is 10.0. The van der Waals surface area contributed by atoms with Crippen molar-refractivity contribution in [3.05, 3.63) is 59.9 Å². The molecule has 0 unspecified atom stereocenters. The van der Waals surface area contributed by atoms with Crippen molar-refractivity contribution in [2.75, 3.05) is 6.61 Å². The zero-order valence-electron chi connectivity index (χ0n) is 15.5. The molecular weight excluding hydrogens is 373 g/mol. The topological polar surface area (TPSA) is 105 Å². The fourth-order valence-corrected chi connectivity index (χ4v) is 3.15. The molecule has 8 nitrogen and oxygen atoms in total. The van der Waals surface area contributed by atoms with Crippen molar-refractivity contribution >= 4 is 0 Å². The van der Waals surface area contributed by atoms with Gasteiger partial charge in [0.05, 0.1) is 18.6 Å². The van der Waals surface area contributed by atoms with E-state index in [0.29, 0.717) is 41.9 Å². The van der Waals surface area contributed by atoms with E-state index in [1.54, 1.807) is 18.6 Å². The maximum Gasteiger partial charge on any atom is 0.204 e. The summed E-state index contributed by atoms with van der Waals surface area (Å²) in [6.45, 7) is 0.626. The Morgan fingerprint density at radius 1 is 1.14 bits per heavy atom. The van der Waals surface area contributed by atoms with E-state index in [1.807, 2.05) is 12.1 Å². The Morgan fingerprint density at radius 3 is 2.90 bits per heavy atom. The highest BCUT2D eigenvalue weighted by molar-refractivity contribution is 5.65. The van der Waals surface area contributed by atoms with Crippen LogP contribution in [0, 0.1) is 11.7 Å². The fourth-order valence-electron chi connectivity index (χ4n) is 3.15. The molecule has 29 heavy (non-hydrogen) atoms. The first-order valence-corrected chi connectivity index (χ1v) is 9.40. The highest BCUT2D eigenvalue weighted by Crippen LogP contribution is 2.32. The second kappa shape index (κ2) is 7.42. The summed E-state index contributed by atoms with van der Waals surface area (Å²) in [6, 6.07) is 8.32. The average Bonchev–Trinajstić information content (AvgIpc) is 3.20. The van der Waals surface area contributed by atoms with Crippen LogP contribution in [0.25, 0.3) is 22.8 Å². The Morgan fingerprint density at radius 2 is 2.07 bits per heavy atom. The van der Waals surface area contributed by atoms with Gasteiger partial charge in [-0.2, -0.15) is 5.21 Å². The van der Waals surface area contributed by atoms with Crippen molar-refractivity contribution in [3.63, 3.8) is 0 Å². The SMILES string of the molecule is Fc1ccc(Cc2[nH]cnc2-c2cc(-c3nn[nH]n3)ccn2)c(OCC2CC2)c1. The summed E-state index contributed by atoms with van der Waals surface area (Å²) >= 11 is 0. The van der Waals surface area contributed by atoms with Gasteiger partial charge in [0, 0.05) is 35.5 Å². The predicted molar refractivity (Wildman–Crippen MR) is 102 cm³/mol. The van der Waals surface area contributed by atoms with Gasteiger partial charge in [-0.05, 0) is 42.2 Å². The summed E-state index contributed by atoms with van der Waals surface area (Å²) < 4.78 is 19.6. The number of hydrogen-bond donors (Lipinski definition) is 2. The number of pyridine rings is 1. The van der Waals surface area contributed by atoms with Crippen molar-refractivity contribution in [3.8, 4) is 28.5 Å². The molecule has 0 spiro atoms. The van der Waals surface area contributed by atoms with Gasteiger partial charge in [-0.15, -0.1) is 10.2 Å². The first-order valence-electron chi connectivity index (χ1n) is 9.40. The molecule has 1 aliphatic rings. The average molecular weight is 391 g/mol. The molecule has 146 valence electrons. The number of aromatic amines is 2. The highest BCUT2D eigenvalue weighted by atomic mass is 19.1. The Kier molecular flexibility index (Phi) is 4.47. The highest BCUT2D eigenvalue weighted by Gasteiger charge is 2.23. The minimum atomic E-state index is -0.307. The van der Waals surface area contributed by atoms with Crippen molar-refractivity contribution in [2.24, 2.45) is 5.92 Å². The smallest absolute Gasteiger partial charge is 0.204 e. The van der Waals surface area contributed by atoms with Crippen molar-refractivity contribution in [2.45, 2.75) is 19.3 Å². The molecule has 3 aromatic heterocycles. The largest absolute Gasteiger partial charge is 0.493 e. The van der Waals surface area contributed by atoms with Gasteiger partial charge < -0.3 is 9.72 Å². The first kappa shape index (κ1) is 17.5. The second-order valence-corrected chi connectivity index (χ2v) is 7.08. The van der Waals surface area contributed by atoms with Crippen LogP contribution in [0.3, 0.4) is 0 Å². The van der Waals surface area contributed by atoms with Gasteiger partial charge in [-0.3, -0.25) is 4.98 Å². The van der Waals surface area contributed by atoms with Crippen LogP contribution >= 0.6 is 0 Å². The molecule has 1 fully saturated rings. The second-order valence-electron chi connectivity index (χ2n) is 7.08. The number of benzene rings is 1. The van der Waals surface area contributed by atoms with Crippen LogP contribution < -0.4 is 4.74 Å². The molecule has 0 amide bonds. The third-order valence-electron chi connectivity index (χ3n) is 4.89. The lowest BCUT2D eigenvalue weighted by Crippen LogP contribution is -2.03. The Labute approximate surface area is 165 Å². The molecule has 0 aliphatic heterocycles. The Bertz CT molecular complexity index is 1120. The molecule has 3 heterocycles. The van der Waals surface area contributed by atoms with Gasteiger partial charge in [0.1, 0.15) is 17.3 Å². The molecule has 1 aromatic carbocycles. The molecule has 0 radical (unpaired) electrons. The summed E-state index contributed by atoms with van der Waals surface area (Å²) in [5, 5.41) is 14.0. The normalized spacial score (nSPS) is 13.6. The number of nitrogens with zero attached hydrogens (tertiary/aromatic N) is 5. The molecule has 2 N–H and O–H groups in total. The van der Waals surface area contributed by atoms with E-state index in [9.17, 15) is 4.39 Å². The maximum atomic E-state index is 13.8. The molecule has 1 aliphatic carbocycles. The zero-order chi connectivity index (χ0) is 19.6. The number of imidazole rings is 1. The van der Waals surface area contributed by atoms with Gasteiger partial charge in [0.15, 0.2) is 0 Å². The number of H-pyrrole nitrogens is 2. The van der Waals surface area contributed by atoms with Crippen LogP contribution in [0.4, 0.5) is 4.39 Å². The van der Waals surface area contributed by atoms with Crippen LogP contribution in [0.15, 0.2) is 42.9 Å². The van der Waals surface area contributed by atoms with E-state index in [4.69, 9.17) is 4.74 Å². The Hall–Kier alpha value is -3.62. The van der Waals surface area contributed by atoms with Gasteiger partial charge in [0.25, 0.3) is 0 Å². The van der Waals surface area contributed by atoms with E-state index in [1.165, 1.54) is 25.0 Å². The number of aromatic nitrogens is 7. The van der Waals surface area contributed by atoms with Crippen LogP contribution in [0.1, 0.15) is 24.1 Å². The molecule has 0 atom stereocenters. The van der Waals surface area contributed by atoms with Gasteiger partial charge >= 0.3 is 0 Å². The number of rotatable bonds is 7. The zero-order valence-corrected chi connectivity index (χ0v) is 15.5. The molecule has 9 heteroatoms. The van der Waals surface area contributed by atoms with E-state index < -0.39 is 0 Å². The van der Waals surface area contributed by atoms with E-state index in [0.717, 1.165) is 16.8 Å². The standard InChI is InChI=1S/C20H18FN7O/c21-15-4-3-13(18(9-15)29-10-12-1-2-12)7-17-19(24-11-23-17)16-8-14(5-6-22-16)20-25-27-28-26-20/h3-6,8-9,11-12H,1-2,7,10H2,(H,23,24)(H,25,26,27,28). The van der Waals surface area contributed by atoms with Crippen molar-refractivity contribution in [1.82, 2.24) is 35.6 Å². The molecule has 1 saturated carbocycles. The predicted octanol–water partition coefficient (Wildman–Crippen LogP) is 3.17. The number of ether oxygens (including phenoxy) is 1. The minimum Gasteiger partial charge on any atom is -0.493 e. The molecule has 0 saturated heterocycles. The molecule has 5 rings (SSSR count). The Balaban J connectivity index is 1.43. The van der Waals surface area contributed by atoms with E-state index >= 15 is 0 Å². The number of nitrogens with one attached hydrogen (secondary N) is 2. The van der Waals surface area contributed by atoms with Crippen LogP contribution in [-0.4, -0.2) is 42.2 Å². The number of tetrazole rings is 1. The summed E-state index contributed by atoms with van der Waals surface area (Å²) in [5.41, 5.74) is 3.95. The number of halogens is 1. The third-order valence-corrected chi connectivity index (χ3v) is 4.89. The molecule has 4 aromatic rings. The van der Waals surface area contributed by atoms with Crippen molar-refractivity contribution < 1.29 is 9.13 Å². The summed E-state index contributed by atoms with van der Waals surface area (Å²) in [7, 11) is 0. The summed E-state index contributed by atoms with van der Waals surface area (Å²) in [6.07, 6.45) is 6.18. The van der Waals surface area contributed by atoms with Crippen molar-refractivity contribution in [1.29, 1.82) is 0 Å². The lowest BCUT2D eigenvalue weighted by molar-refractivity contribution is 0.295. The number of hydrogen-bond acceptors (Lipinski definition) is 6. The van der Waals surface area contributed by atoms with Gasteiger partial charge in [-0.25, -0.2) is 9.37 Å². The van der Waals surface area contributed by atoms with E-state index in [-0.39, 0.29) is 5.82 Å². The van der Waals surface area contributed by atoms with Crippen LogP contribution in [0.5, 0.6) is 5.75 Å². The summed E-state index contributed by atoms with van der Waals surface area (Å²) in [5.74, 6) is 1.34. The lowest BCUT2D eigenvalue weighted by Gasteiger charge is -2.12. The molecular formula is C20H18FN7O. The van der Waals surface area contributed by atoms with E-state index in [2.05, 4.69) is 35.6 Å². The summed E-state index contributed by atoms with van der Waals surface area (Å²) in [4.78, 5) is 12.1. The molecule has 0 bridgehead atoms. The first-order chi connectivity index (χ1) is 14.3. The van der Waals surface area contributed by atoms with Gasteiger partial charge in [0.2, 0.25) is 5.82 Å². The maximum absolute atomic E-state index is 13.8. The van der Waals surface area contributed by atoms with Crippen LogP contribution in [-0.2, 0) is 6.42 Å². The van der Waals surface area contributed by atoms with Gasteiger partial charge in [-0.1, -0.05) is 6.07 Å². The minimum absolute atomic E-state index is 0.307. The third kappa shape index (κ3) is 3.84.